The molecule has 1 amide bonds. The minimum absolute atomic E-state index is 0.380. The third-order valence-electron chi connectivity index (χ3n) is 5.18. The van der Waals surface area contributed by atoms with Crippen LogP contribution < -0.4 is 5.01 Å². The third kappa shape index (κ3) is 2.85. The molecule has 1 atom stereocenters. The number of esters is 1. The summed E-state index contributed by atoms with van der Waals surface area (Å²) in [5.74, 6) is -0.492. The normalized spacial score (nSPS) is 17.5. The zero-order valence-corrected chi connectivity index (χ0v) is 16.6. The quantitative estimate of drug-likeness (QED) is 0.620. The first-order valence-electron chi connectivity index (χ1n) is 9.40. The van der Waals surface area contributed by atoms with Crippen molar-refractivity contribution in [2.75, 3.05) is 19.2 Å². The summed E-state index contributed by atoms with van der Waals surface area (Å²) in [6, 6.07) is 25.8. The molecule has 150 valence electrons. The number of carbonyl (C=O) groups excluding carboxylic acids is 2. The second kappa shape index (κ2) is 7.83. The molecule has 0 spiro atoms. The van der Waals surface area contributed by atoms with E-state index in [1.807, 2.05) is 72.8 Å². The molecule has 1 aliphatic heterocycles. The molecule has 0 bridgehead atoms. The molecule has 6 nitrogen and oxygen atoms in total. The number of benzene rings is 3. The summed E-state index contributed by atoms with van der Waals surface area (Å²) in [7, 11) is 2.65. The van der Waals surface area contributed by atoms with Crippen LogP contribution in [0.3, 0.4) is 0 Å². The molecule has 1 unspecified atom stereocenters. The monoisotopic (exact) mass is 400 g/mol. The summed E-state index contributed by atoms with van der Waals surface area (Å²) in [5, 5.41) is 5.82. The molecule has 1 heterocycles. The molecule has 0 saturated carbocycles. The summed E-state index contributed by atoms with van der Waals surface area (Å²) >= 11 is 0. The number of hydrazone groups is 1. The predicted molar refractivity (Wildman–Crippen MR) is 114 cm³/mol. The Morgan fingerprint density at radius 3 is 2.03 bits per heavy atom. The minimum Gasteiger partial charge on any atom is -0.468 e. The molecule has 3 aromatic carbocycles. The van der Waals surface area contributed by atoms with E-state index in [1.165, 1.54) is 19.2 Å². The van der Waals surface area contributed by atoms with Gasteiger partial charge in [-0.3, -0.25) is 4.79 Å². The van der Waals surface area contributed by atoms with Crippen LogP contribution in [0, 0.1) is 0 Å². The van der Waals surface area contributed by atoms with Crippen LogP contribution in [0.15, 0.2) is 90.0 Å². The van der Waals surface area contributed by atoms with Gasteiger partial charge < -0.3 is 9.47 Å². The Bertz CT molecular complexity index is 1110. The Morgan fingerprint density at radius 1 is 0.800 bits per heavy atom. The fraction of sp³-hybridized carbons (Fsp3) is 0.125. The molecule has 6 heteroatoms. The SMILES string of the molecule is COC(=O)N1N=C(c2ccccc2)C(C(=O)OC)(c2ccccc2)c2ccccc21. The lowest BCUT2D eigenvalue weighted by molar-refractivity contribution is -0.143. The molecule has 0 radical (unpaired) electrons. The van der Waals surface area contributed by atoms with Gasteiger partial charge in [-0.1, -0.05) is 78.9 Å². The number of ether oxygens (including phenoxy) is 2. The fourth-order valence-electron chi connectivity index (χ4n) is 3.89. The second-order valence-electron chi connectivity index (χ2n) is 6.72. The summed E-state index contributed by atoms with van der Waals surface area (Å²) in [5.41, 5.74) is 1.44. The molecule has 0 aromatic heterocycles. The van der Waals surface area contributed by atoms with Crippen molar-refractivity contribution >= 4 is 23.5 Å². The van der Waals surface area contributed by atoms with Crippen molar-refractivity contribution in [2.24, 2.45) is 5.10 Å². The summed E-state index contributed by atoms with van der Waals surface area (Å²) in [6.07, 6.45) is -0.651. The molecule has 0 aliphatic carbocycles. The third-order valence-corrected chi connectivity index (χ3v) is 5.18. The van der Waals surface area contributed by atoms with Gasteiger partial charge in [0.1, 0.15) is 0 Å². The number of methoxy groups -OCH3 is 2. The number of rotatable bonds is 3. The van der Waals surface area contributed by atoms with Crippen molar-refractivity contribution in [3.8, 4) is 0 Å². The summed E-state index contributed by atoms with van der Waals surface area (Å²) in [6.45, 7) is 0. The molecule has 1 aliphatic rings. The maximum atomic E-state index is 13.5. The Hall–Kier alpha value is -3.93. The molecule has 3 aromatic rings. The van der Waals surface area contributed by atoms with Crippen LogP contribution in [-0.4, -0.2) is 32.0 Å². The predicted octanol–water partition coefficient (Wildman–Crippen LogP) is 4.14. The van der Waals surface area contributed by atoms with Crippen LogP contribution >= 0.6 is 0 Å². The number of amides is 1. The number of hydrogen-bond donors (Lipinski definition) is 0. The first-order chi connectivity index (χ1) is 14.6. The maximum absolute atomic E-state index is 13.5. The van der Waals surface area contributed by atoms with E-state index in [9.17, 15) is 9.59 Å². The van der Waals surface area contributed by atoms with Crippen LogP contribution in [0.2, 0.25) is 0 Å². The number of hydrogen-bond acceptors (Lipinski definition) is 5. The molecule has 0 saturated heterocycles. The van der Waals surface area contributed by atoms with Gasteiger partial charge in [0.05, 0.1) is 25.6 Å². The van der Waals surface area contributed by atoms with Crippen molar-refractivity contribution < 1.29 is 19.1 Å². The number of carbonyl (C=O) groups is 2. The second-order valence-corrected chi connectivity index (χ2v) is 6.72. The first kappa shape index (κ1) is 19.4. The van der Waals surface area contributed by atoms with Gasteiger partial charge in [-0.15, -0.1) is 0 Å². The van der Waals surface area contributed by atoms with Gasteiger partial charge in [0.15, 0.2) is 5.41 Å². The Kier molecular flexibility index (Phi) is 5.06. The van der Waals surface area contributed by atoms with Crippen molar-refractivity contribution in [2.45, 2.75) is 5.41 Å². The van der Waals surface area contributed by atoms with E-state index >= 15 is 0 Å². The van der Waals surface area contributed by atoms with Gasteiger partial charge in [-0.05, 0) is 17.2 Å². The average Bonchev–Trinajstić information content (AvgIpc) is 2.83. The van der Waals surface area contributed by atoms with Gasteiger partial charge >= 0.3 is 12.1 Å². The highest BCUT2D eigenvalue weighted by Crippen LogP contribution is 2.45. The van der Waals surface area contributed by atoms with Crippen LogP contribution in [-0.2, 0) is 19.7 Å². The van der Waals surface area contributed by atoms with E-state index < -0.39 is 17.5 Å². The van der Waals surface area contributed by atoms with Crippen molar-refractivity contribution in [3.05, 3.63) is 102 Å². The van der Waals surface area contributed by atoms with E-state index in [0.29, 0.717) is 28.1 Å². The first-order valence-corrected chi connectivity index (χ1v) is 9.40. The zero-order valence-electron chi connectivity index (χ0n) is 16.6. The van der Waals surface area contributed by atoms with E-state index in [4.69, 9.17) is 9.47 Å². The fourth-order valence-corrected chi connectivity index (χ4v) is 3.89. The van der Waals surface area contributed by atoms with Crippen LogP contribution in [0.4, 0.5) is 10.5 Å². The molecule has 30 heavy (non-hydrogen) atoms. The topological polar surface area (TPSA) is 68.2 Å². The lowest BCUT2D eigenvalue weighted by Gasteiger charge is -2.39. The average molecular weight is 400 g/mol. The molecule has 4 rings (SSSR count). The van der Waals surface area contributed by atoms with Gasteiger partial charge in [0.25, 0.3) is 0 Å². The standard InChI is InChI=1S/C24H20N2O4/c1-29-22(27)24(18-13-7-4-8-14-18)19-15-9-10-16-20(19)26(23(28)30-2)25-21(24)17-11-5-3-6-12-17/h3-16H,1-2H3. The Labute approximate surface area is 174 Å². The smallest absolute Gasteiger partial charge is 0.434 e. The van der Waals surface area contributed by atoms with Crippen LogP contribution in [0.5, 0.6) is 0 Å². The Morgan fingerprint density at radius 2 is 1.40 bits per heavy atom. The van der Waals surface area contributed by atoms with E-state index in [1.54, 1.807) is 12.1 Å². The van der Waals surface area contributed by atoms with Gasteiger partial charge in [-0.25, -0.2) is 4.79 Å². The van der Waals surface area contributed by atoms with Gasteiger partial charge in [0, 0.05) is 5.56 Å². The van der Waals surface area contributed by atoms with Crippen LogP contribution in [0.1, 0.15) is 16.7 Å². The highest BCUT2D eigenvalue weighted by atomic mass is 16.5. The summed E-state index contributed by atoms with van der Waals surface area (Å²) < 4.78 is 10.3. The minimum atomic E-state index is -1.36. The number of fused-ring (bicyclic) bond motifs is 1. The zero-order chi connectivity index (χ0) is 21.1. The van der Waals surface area contributed by atoms with Gasteiger partial charge in [-0.2, -0.15) is 10.1 Å². The van der Waals surface area contributed by atoms with Crippen molar-refractivity contribution in [3.63, 3.8) is 0 Å². The highest BCUT2D eigenvalue weighted by molar-refractivity contribution is 6.25. The number of anilines is 1. The lowest BCUT2D eigenvalue weighted by atomic mass is 9.67. The molecular weight excluding hydrogens is 380 g/mol. The summed E-state index contributed by atoms with van der Waals surface area (Å²) in [4.78, 5) is 26.1. The van der Waals surface area contributed by atoms with Crippen molar-refractivity contribution in [1.82, 2.24) is 0 Å². The Balaban J connectivity index is 2.14. The number of para-hydroxylation sites is 1. The lowest BCUT2D eigenvalue weighted by Crippen LogP contribution is -2.51. The van der Waals surface area contributed by atoms with E-state index in [0.717, 1.165) is 0 Å². The maximum Gasteiger partial charge on any atom is 0.434 e. The molecular formula is C24H20N2O4. The molecule has 0 N–H and O–H groups in total. The van der Waals surface area contributed by atoms with Crippen molar-refractivity contribution in [1.29, 1.82) is 0 Å². The highest BCUT2D eigenvalue weighted by Gasteiger charge is 2.53. The van der Waals surface area contributed by atoms with E-state index in [-0.39, 0.29) is 0 Å². The largest absolute Gasteiger partial charge is 0.468 e. The van der Waals surface area contributed by atoms with Crippen LogP contribution in [0.25, 0.3) is 0 Å². The van der Waals surface area contributed by atoms with E-state index in [2.05, 4.69) is 5.10 Å². The van der Waals surface area contributed by atoms with Gasteiger partial charge in [0.2, 0.25) is 0 Å². The molecule has 0 fully saturated rings. The number of nitrogens with zero attached hydrogens (tertiary/aromatic N) is 2.